The first-order chi connectivity index (χ1) is 15.9. The van der Waals surface area contributed by atoms with Crippen LogP contribution in [-0.4, -0.2) is 33.1 Å². The van der Waals surface area contributed by atoms with Gasteiger partial charge in [-0.15, -0.1) is 0 Å². The van der Waals surface area contributed by atoms with Crippen molar-refractivity contribution in [3.63, 3.8) is 0 Å². The number of rotatable bonds is 6. The fourth-order valence-electron chi connectivity index (χ4n) is 3.30. The molecule has 0 radical (unpaired) electrons. The van der Waals surface area contributed by atoms with E-state index in [4.69, 9.17) is 21.4 Å². The molecule has 1 atom stereocenters. The highest BCUT2D eigenvalue weighted by Crippen LogP contribution is 2.39. The number of carbonyl (C=O) groups is 2. The maximum absolute atomic E-state index is 13.2. The number of benzene rings is 2. The number of nitrogens with zero attached hydrogens (tertiary/aromatic N) is 2. The van der Waals surface area contributed by atoms with E-state index in [2.05, 4.69) is 0 Å². The van der Waals surface area contributed by atoms with Gasteiger partial charge in [-0.3, -0.25) is 19.8 Å². The molecule has 1 amide bonds. The smallest absolute Gasteiger partial charge is 0.333 e. The molecular formula is C23H16N2O6S2. The lowest BCUT2D eigenvalue weighted by Gasteiger charge is -2.24. The number of nitro benzene ring substituents is 1. The Labute approximate surface area is 198 Å². The van der Waals surface area contributed by atoms with E-state index in [1.807, 2.05) is 6.07 Å². The van der Waals surface area contributed by atoms with Gasteiger partial charge in [-0.05, 0) is 29.8 Å². The van der Waals surface area contributed by atoms with Crippen LogP contribution in [0.25, 0.3) is 17.4 Å². The van der Waals surface area contributed by atoms with Crippen LogP contribution in [0.5, 0.6) is 0 Å². The Bertz CT molecular complexity index is 1270. The minimum Gasteiger partial charge on any atom is -0.467 e. The van der Waals surface area contributed by atoms with Crippen LogP contribution < -0.4 is 0 Å². The largest absolute Gasteiger partial charge is 0.467 e. The normalized spacial score (nSPS) is 15.7. The zero-order chi connectivity index (χ0) is 23.5. The van der Waals surface area contributed by atoms with Crippen molar-refractivity contribution in [3.05, 3.63) is 93.1 Å². The second-order valence-corrected chi connectivity index (χ2v) is 8.57. The van der Waals surface area contributed by atoms with Gasteiger partial charge >= 0.3 is 5.97 Å². The van der Waals surface area contributed by atoms with Crippen LogP contribution in [0.15, 0.2) is 76.1 Å². The Morgan fingerprint density at radius 3 is 2.48 bits per heavy atom. The van der Waals surface area contributed by atoms with Crippen LogP contribution in [0.2, 0.25) is 0 Å². The van der Waals surface area contributed by atoms with E-state index in [9.17, 15) is 19.7 Å². The summed E-state index contributed by atoms with van der Waals surface area (Å²) in [6.45, 7) is 0. The maximum atomic E-state index is 13.2. The van der Waals surface area contributed by atoms with E-state index in [1.54, 1.807) is 54.6 Å². The third kappa shape index (κ3) is 4.57. The number of non-ortho nitro benzene ring substituents is 1. The fraction of sp³-hybridized carbons (Fsp3) is 0.0870. The Kier molecular flexibility index (Phi) is 6.38. The van der Waals surface area contributed by atoms with Gasteiger partial charge in [0.15, 0.2) is 6.04 Å². The van der Waals surface area contributed by atoms with Crippen molar-refractivity contribution < 1.29 is 23.7 Å². The third-order valence-corrected chi connectivity index (χ3v) is 6.21. The molecule has 166 valence electrons. The van der Waals surface area contributed by atoms with E-state index in [0.29, 0.717) is 27.6 Å². The van der Waals surface area contributed by atoms with E-state index >= 15 is 0 Å². The van der Waals surface area contributed by atoms with Gasteiger partial charge in [0, 0.05) is 23.8 Å². The van der Waals surface area contributed by atoms with Crippen molar-refractivity contribution in [2.75, 3.05) is 7.11 Å². The molecule has 10 heteroatoms. The number of esters is 1. The van der Waals surface area contributed by atoms with Crippen LogP contribution in [0.3, 0.4) is 0 Å². The first-order valence-electron chi connectivity index (χ1n) is 9.63. The Morgan fingerprint density at radius 2 is 1.85 bits per heavy atom. The van der Waals surface area contributed by atoms with Crippen LogP contribution >= 0.6 is 24.0 Å². The molecule has 8 nitrogen and oxygen atoms in total. The van der Waals surface area contributed by atoms with Crippen LogP contribution in [0.1, 0.15) is 17.4 Å². The number of thioether (sulfide) groups is 1. The topological polar surface area (TPSA) is 103 Å². The average Bonchev–Trinajstić information content (AvgIpc) is 3.40. The lowest BCUT2D eigenvalue weighted by molar-refractivity contribution is -0.384. The molecule has 2 heterocycles. The predicted molar refractivity (Wildman–Crippen MR) is 127 cm³/mol. The van der Waals surface area contributed by atoms with Crippen LogP contribution in [0.4, 0.5) is 5.69 Å². The summed E-state index contributed by atoms with van der Waals surface area (Å²) in [5, 5.41) is 10.8. The zero-order valence-electron chi connectivity index (χ0n) is 17.2. The lowest BCUT2D eigenvalue weighted by Crippen LogP contribution is -2.37. The molecule has 1 aliphatic rings. The highest BCUT2D eigenvalue weighted by molar-refractivity contribution is 8.26. The van der Waals surface area contributed by atoms with Gasteiger partial charge in [-0.1, -0.05) is 54.3 Å². The standard InChI is InChI=1S/C23H16N2O6S2/c1-30-22(27)20(15-5-3-2-4-6-15)24-21(26)19(33-23(24)32)13-17-11-12-18(31-17)14-7-9-16(10-8-14)25(28)29/h2-13,20H,1H3/b19-13+. The van der Waals surface area contributed by atoms with Gasteiger partial charge in [-0.25, -0.2) is 4.79 Å². The van der Waals surface area contributed by atoms with Crippen molar-refractivity contribution in [1.29, 1.82) is 0 Å². The summed E-state index contributed by atoms with van der Waals surface area (Å²) in [5.41, 5.74) is 1.22. The number of hydrogen-bond acceptors (Lipinski definition) is 8. The van der Waals surface area contributed by atoms with Gasteiger partial charge in [0.2, 0.25) is 0 Å². The molecule has 1 aromatic heterocycles. The van der Waals surface area contributed by atoms with Gasteiger partial charge in [0.25, 0.3) is 11.6 Å². The summed E-state index contributed by atoms with van der Waals surface area (Å²) in [4.78, 5) is 37.6. The molecule has 4 rings (SSSR count). The van der Waals surface area contributed by atoms with Gasteiger partial charge in [0.1, 0.15) is 15.8 Å². The molecule has 0 spiro atoms. The minimum atomic E-state index is -0.998. The number of hydrogen-bond donors (Lipinski definition) is 0. The summed E-state index contributed by atoms with van der Waals surface area (Å²) in [5.74, 6) is -0.142. The maximum Gasteiger partial charge on any atom is 0.333 e. The predicted octanol–water partition coefficient (Wildman–Crippen LogP) is 4.97. The number of ether oxygens (including phenoxy) is 1. The molecule has 0 saturated carbocycles. The molecule has 0 bridgehead atoms. The summed E-state index contributed by atoms with van der Waals surface area (Å²) in [7, 11) is 1.26. The van der Waals surface area contributed by atoms with E-state index in [1.165, 1.54) is 24.1 Å². The summed E-state index contributed by atoms with van der Waals surface area (Å²) >= 11 is 6.47. The molecule has 1 saturated heterocycles. The Balaban J connectivity index is 1.60. The summed E-state index contributed by atoms with van der Waals surface area (Å²) in [6, 6.07) is 17.1. The number of nitro groups is 1. The first kappa shape index (κ1) is 22.4. The van der Waals surface area contributed by atoms with Crippen LogP contribution in [-0.2, 0) is 14.3 Å². The summed E-state index contributed by atoms with van der Waals surface area (Å²) < 4.78 is 11.0. The molecule has 0 N–H and O–H groups in total. The number of methoxy groups -OCH3 is 1. The summed E-state index contributed by atoms with van der Waals surface area (Å²) in [6.07, 6.45) is 1.55. The van der Waals surface area contributed by atoms with E-state index in [-0.39, 0.29) is 10.0 Å². The number of thiocarbonyl (C=S) groups is 1. The molecule has 1 fully saturated rings. The lowest BCUT2D eigenvalue weighted by atomic mass is 10.1. The second kappa shape index (κ2) is 9.39. The fourth-order valence-corrected chi connectivity index (χ4v) is 4.60. The third-order valence-electron chi connectivity index (χ3n) is 4.88. The van der Waals surface area contributed by atoms with Crippen molar-refractivity contribution in [3.8, 4) is 11.3 Å². The minimum absolute atomic E-state index is 0.0206. The highest BCUT2D eigenvalue weighted by atomic mass is 32.2. The van der Waals surface area contributed by atoms with Gasteiger partial charge in [0.05, 0.1) is 16.9 Å². The van der Waals surface area contributed by atoms with Crippen molar-refractivity contribution >= 4 is 51.9 Å². The first-order valence-corrected chi connectivity index (χ1v) is 10.9. The monoisotopic (exact) mass is 480 g/mol. The van der Waals surface area contributed by atoms with Crippen molar-refractivity contribution in [1.82, 2.24) is 4.90 Å². The Hall–Kier alpha value is -3.76. The average molecular weight is 481 g/mol. The molecule has 3 aromatic rings. The number of amides is 1. The van der Waals surface area contributed by atoms with Gasteiger partial charge in [-0.2, -0.15) is 0 Å². The van der Waals surface area contributed by atoms with E-state index in [0.717, 1.165) is 11.8 Å². The second-order valence-electron chi connectivity index (χ2n) is 6.89. The number of furan rings is 1. The molecule has 0 aliphatic carbocycles. The van der Waals surface area contributed by atoms with Crippen LogP contribution in [0, 0.1) is 10.1 Å². The molecule has 2 aromatic carbocycles. The quantitative estimate of drug-likeness (QED) is 0.160. The highest BCUT2D eigenvalue weighted by Gasteiger charge is 2.42. The molecule has 1 aliphatic heterocycles. The zero-order valence-corrected chi connectivity index (χ0v) is 18.8. The SMILES string of the molecule is COC(=O)C(c1ccccc1)N1C(=O)/C(=C\c2ccc(-c3ccc([N+](=O)[O-])cc3)o2)SC1=S. The van der Waals surface area contributed by atoms with Crippen molar-refractivity contribution in [2.45, 2.75) is 6.04 Å². The van der Waals surface area contributed by atoms with E-state index < -0.39 is 22.8 Å². The molecule has 33 heavy (non-hydrogen) atoms. The number of carbonyl (C=O) groups excluding carboxylic acids is 2. The molecular weight excluding hydrogens is 464 g/mol. The molecule has 1 unspecified atom stereocenters. The van der Waals surface area contributed by atoms with Crippen molar-refractivity contribution in [2.24, 2.45) is 0 Å². The Morgan fingerprint density at radius 1 is 1.15 bits per heavy atom. The van der Waals surface area contributed by atoms with Gasteiger partial charge < -0.3 is 9.15 Å².